The van der Waals surface area contributed by atoms with Gasteiger partial charge in [-0.2, -0.15) is 0 Å². The van der Waals surface area contributed by atoms with Crippen molar-refractivity contribution in [1.82, 2.24) is 0 Å². The van der Waals surface area contributed by atoms with E-state index in [1.165, 1.54) is 0 Å². The maximum Gasteiger partial charge on any atom is 0.343 e. The summed E-state index contributed by atoms with van der Waals surface area (Å²) in [6.07, 6.45) is 0. The first kappa shape index (κ1) is 16.9. The highest BCUT2D eigenvalue weighted by Gasteiger charge is 2.14. The van der Waals surface area contributed by atoms with Crippen LogP contribution in [0.15, 0.2) is 72.8 Å². The van der Waals surface area contributed by atoms with Gasteiger partial charge in [0.25, 0.3) is 0 Å². The molecule has 0 aliphatic rings. The highest BCUT2D eigenvalue weighted by atomic mass is 16.5. The summed E-state index contributed by atoms with van der Waals surface area (Å²) in [6, 6.07) is 22.3. The van der Waals surface area contributed by atoms with Crippen LogP contribution < -0.4 is 14.2 Å². The normalized spacial score (nSPS) is 10.7. The van der Waals surface area contributed by atoms with Crippen LogP contribution in [0.1, 0.15) is 10.4 Å². The molecule has 27 heavy (non-hydrogen) atoms. The number of methoxy groups -OCH3 is 2. The van der Waals surface area contributed by atoms with Crippen LogP contribution in [0.3, 0.4) is 0 Å². The first-order valence-electron chi connectivity index (χ1n) is 8.56. The number of hydrogen-bond acceptors (Lipinski definition) is 4. The van der Waals surface area contributed by atoms with Gasteiger partial charge in [-0.1, -0.05) is 36.4 Å². The van der Waals surface area contributed by atoms with Crippen molar-refractivity contribution in [2.75, 3.05) is 14.2 Å². The van der Waals surface area contributed by atoms with E-state index in [0.717, 1.165) is 27.3 Å². The average Bonchev–Trinajstić information content (AvgIpc) is 2.73. The molecule has 0 radical (unpaired) electrons. The van der Waals surface area contributed by atoms with E-state index < -0.39 is 0 Å². The summed E-state index contributed by atoms with van der Waals surface area (Å²) >= 11 is 0. The van der Waals surface area contributed by atoms with Crippen molar-refractivity contribution in [3.05, 3.63) is 78.4 Å². The molecule has 4 heteroatoms. The minimum absolute atomic E-state index is 0.384. The lowest BCUT2D eigenvalue weighted by Gasteiger charge is -2.13. The Morgan fingerprint density at radius 3 is 2.30 bits per heavy atom. The third-order valence-corrected chi connectivity index (χ3v) is 4.54. The van der Waals surface area contributed by atoms with Gasteiger partial charge in [-0.25, -0.2) is 4.79 Å². The Labute approximate surface area is 156 Å². The molecule has 0 aliphatic carbocycles. The van der Waals surface area contributed by atoms with Crippen LogP contribution >= 0.6 is 0 Å². The van der Waals surface area contributed by atoms with Crippen LogP contribution in [-0.2, 0) is 0 Å². The lowest BCUT2D eigenvalue weighted by Crippen LogP contribution is -2.08. The first-order valence-corrected chi connectivity index (χ1v) is 8.56. The van der Waals surface area contributed by atoms with Gasteiger partial charge in [0.1, 0.15) is 17.2 Å². The number of ether oxygens (including phenoxy) is 3. The zero-order valence-corrected chi connectivity index (χ0v) is 15.1. The highest BCUT2D eigenvalue weighted by molar-refractivity contribution is 6.13. The smallest absolute Gasteiger partial charge is 0.343 e. The molecule has 4 aromatic rings. The van der Waals surface area contributed by atoms with E-state index in [1.807, 2.05) is 54.6 Å². The maximum atomic E-state index is 12.5. The molecule has 0 aliphatic heterocycles. The van der Waals surface area contributed by atoms with Crippen LogP contribution in [0.4, 0.5) is 0 Å². The van der Waals surface area contributed by atoms with Gasteiger partial charge in [-0.05, 0) is 41.1 Å². The number of esters is 1. The predicted molar refractivity (Wildman–Crippen MR) is 106 cm³/mol. The second-order valence-corrected chi connectivity index (χ2v) is 6.10. The monoisotopic (exact) mass is 358 g/mol. The van der Waals surface area contributed by atoms with E-state index >= 15 is 0 Å². The molecular formula is C23H18O4. The Kier molecular flexibility index (Phi) is 4.38. The van der Waals surface area contributed by atoms with Gasteiger partial charge in [-0.3, -0.25) is 0 Å². The van der Waals surface area contributed by atoms with Crippen molar-refractivity contribution in [1.29, 1.82) is 0 Å². The molecule has 0 saturated heterocycles. The number of rotatable bonds is 4. The van der Waals surface area contributed by atoms with E-state index in [-0.39, 0.29) is 5.97 Å². The lowest BCUT2D eigenvalue weighted by atomic mass is 10.00. The summed E-state index contributed by atoms with van der Waals surface area (Å²) in [5.41, 5.74) is 0.512. The molecule has 0 bridgehead atoms. The van der Waals surface area contributed by atoms with Gasteiger partial charge >= 0.3 is 5.97 Å². The fourth-order valence-corrected chi connectivity index (χ4v) is 3.24. The number of benzene rings is 4. The average molecular weight is 358 g/mol. The SMILES string of the molecule is COc1cc(OC)c2c(ccc3c(OC(=O)c4ccccc4)cccc32)c1. The Morgan fingerprint density at radius 1 is 0.741 bits per heavy atom. The number of hydrogen-bond donors (Lipinski definition) is 0. The lowest BCUT2D eigenvalue weighted by molar-refractivity contribution is 0.0737. The first-order chi connectivity index (χ1) is 13.2. The van der Waals surface area contributed by atoms with Crippen LogP contribution in [-0.4, -0.2) is 20.2 Å². The molecular weight excluding hydrogens is 340 g/mol. The topological polar surface area (TPSA) is 44.8 Å². The third-order valence-electron chi connectivity index (χ3n) is 4.54. The largest absolute Gasteiger partial charge is 0.497 e. The molecule has 4 rings (SSSR count). The molecule has 0 saturated carbocycles. The zero-order valence-electron chi connectivity index (χ0n) is 15.1. The summed E-state index contributed by atoms with van der Waals surface area (Å²) < 4.78 is 16.6. The Balaban J connectivity index is 1.86. The summed E-state index contributed by atoms with van der Waals surface area (Å²) in [6.45, 7) is 0. The van der Waals surface area contributed by atoms with Crippen molar-refractivity contribution in [2.24, 2.45) is 0 Å². The van der Waals surface area contributed by atoms with E-state index in [1.54, 1.807) is 32.4 Å². The summed E-state index contributed by atoms with van der Waals surface area (Å²) in [5.74, 6) is 1.57. The van der Waals surface area contributed by atoms with E-state index in [2.05, 4.69) is 0 Å². The van der Waals surface area contributed by atoms with Crippen LogP contribution in [0.25, 0.3) is 21.5 Å². The Bertz CT molecular complexity index is 1130. The maximum absolute atomic E-state index is 12.5. The minimum atomic E-state index is -0.384. The van der Waals surface area contributed by atoms with Crippen molar-refractivity contribution in [2.45, 2.75) is 0 Å². The molecule has 0 N–H and O–H groups in total. The van der Waals surface area contributed by atoms with Gasteiger partial charge < -0.3 is 14.2 Å². The van der Waals surface area contributed by atoms with E-state index in [0.29, 0.717) is 17.1 Å². The third kappa shape index (κ3) is 3.06. The Hall–Kier alpha value is -3.53. The standard InChI is InChI=1S/C23H18O4/c1-25-17-13-16-11-12-18-19(22(16)21(14-17)26-2)9-6-10-20(18)27-23(24)15-7-4-3-5-8-15/h3-14H,1-2H3. The van der Waals surface area contributed by atoms with Gasteiger partial charge in [0.05, 0.1) is 19.8 Å². The molecule has 0 aromatic heterocycles. The number of fused-ring (bicyclic) bond motifs is 3. The Morgan fingerprint density at radius 2 is 1.56 bits per heavy atom. The highest BCUT2D eigenvalue weighted by Crippen LogP contribution is 2.39. The molecule has 4 aromatic carbocycles. The molecule has 0 amide bonds. The number of carbonyl (C=O) groups is 1. The van der Waals surface area contributed by atoms with Crippen LogP contribution in [0.5, 0.6) is 17.2 Å². The van der Waals surface area contributed by atoms with Crippen molar-refractivity contribution in [3.63, 3.8) is 0 Å². The molecule has 0 unspecified atom stereocenters. The molecule has 0 atom stereocenters. The van der Waals surface area contributed by atoms with Crippen LogP contribution in [0.2, 0.25) is 0 Å². The summed E-state index contributed by atoms with van der Waals surface area (Å²) in [7, 11) is 3.26. The predicted octanol–water partition coefficient (Wildman–Crippen LogP) is 5.23. The molecule has 0 spiro atoms. The van der Waals surface area contributed by atoms with E-state index in [4.69, 9.17) is 14.2 Å². The van der Waals surface area contributed by atoms with Gasteiger partial charge in [0.2, 0.25) is 0 Å². The van der Waals surface area contributed by atoms with Crippen molar-refractivity contribution >= 4 is 27.5 Å². The minimum Gasteiger partial charge on any atom is -0.497 e. The van der Waals surface area contributed by atoms with Crippen molar-refractivity contribution in [3.8, 4) is 17.2 Å². The summed E-state index contributed by atoms with van der Waals surface area (Å²) in [5, 5.41) is 3.74. The molecule has 0 heterocycles. The fraction of sp³-hybridized carbons (Fsp3) is 0.0870. The summed E-state index contributed by atoms with van der Waals surface area (Å²) in [4.78, 5) is 12.5. The van der Waals surface area contributed by atoms with Crippen molar-refractivity contribution < 1.29 is 19.0 Å². The fourth-order valence-electron chi connectivity index (χ4n) is 3.24. The number of carbonyl (C=O) groups excluding carboxylic acids is 1. The second kappa shape index (κ2) is 7.00. The molecule has 0 fully saturated rings. The zero-order chi connectivity index (χ0) is 18.8. The second-order valence-electron chi connectivity index (χ2n) is 6.10. The molecule has 4 nitrogen and oxygen atoms in total. The van der Waals surface area contributed by atoms with Gasteiger partial charge in [0.15, 0.2) is 0 Å². The van der Waals surface area contributed by atoms with Crippen LogP contribution in [0, 0.1) is 0 Å². The quantitative estimate of drug-likeness (QED) is 0.285. The van der Waals surface area contributed by atoms with Gasteiger partial charge in [0, 0.05) is 16.8 Å². The van der Waals surface area contributed by atoms with Gasteiger partial charge in [-0.15, -0.1) is 0 Å². The molecule has 134 valence electrons. The van der Waals surface area contributed by atoms with E-state index in [9.17, 15) is 4.79 Å².